The summed E-state index contributed by atoms with van der Waals surface area (Å²) in [6.45, 7) is 25.2. The summed E-state index contributed by atoms with van der Waals surface area (Å²) < 4.78 is 13.3. The molecule has 3 unspecified atom stereocenters. The molecule has 0 saturated carbocycles. The molecule has 344 valence electrons. The van der Waals surface area contributed by atoms with Gasteiger partial charge in [0.2, 0.25) is 5.91 Å². The van der Waals surface area contributed by atoms with E-state index in [9.17, 15) is 14.4 Å². The van der Waals surface area contributed by atoms with Gasteiger partial charge < -0.3 is 29.2 Å². The van der Waals surface area contributed by atoms with Crippen molar-refractivity contribution < 1.29 is 23.9 Å². The maximum atomic E-state index is 14.6. The highest BCUT2D eigenvalue weighted by molar-refractivity contribution is 5.95. The number of carbonyl (C=O) groups excluding carboxylic acids is 3. The smallest absolute Gasteiger partial charge is 0.293 e. The van der Waals surface area contributed by atoms with Crippen LogP contribution in [0.15, 0.2) is 85.3 Å². The first-order valence-corrected chi connectivity index (χ1v) is 23.0. The van der Waals surface area contributed by atoms with E-state index in [1.54, 1.807) is 18.3 Å². The van der Waals surface area contributed by atoms with Crippen LogP contribution < -0.4 is 10.7 Å². The number of amides is 2. The highest BCUT2D eigenvalue weighted by Gasteiger charge is 2.53. The molecule has 5 heterocycles. The molecule has 1 spiro atoms. The Hall–Kier alpha value is -5.90. The van der Waals surface area contributed by atoms with Crippen molar-refractivity contribution in [2.24, 2.45) is 23.8 Å². The molecule has 2 aromatic heterocycles. The van der Waals surface area contributed by atoms with Crippen LogP contribution in [0, 0.1) is 28.6 Å². The Kier molecular flexibility index (Phi) is 14.3. The van der Waals surface area contributed by atoms with E-state index in [0.717, 1.165) is 100 Å². The molecule has 2 N–H and O–H groups in total. The van der Waals surface area contributed by atoms with Crippen LogP contribution in [0.3, 0.4) is 0 Å². The van der Waals surface area contributed by atoms with E-state index in [-0.39, 0.29) is 41.3 Å². The number of pyridine rings is 1. The molecular weight excluding hydrogens is 815 g/mol. The lowest BCUT2D eigenvalue weighted by Crippen LogP contribution is -2.59. The molecule has 0 aliphatic carbocycles. The quantitative estimate of drug-likeness (QED) is 0.0817. The molecular formula is C53H67N7O5. The largest absolute Gasteiger partial charge is 0.467 e. The standard InChI is InChI=1S/C53H67N7O5/c1-11-16-36(4)58-31-53(32-58)22-26-59(38(53)6)48(35(2)3)50(62)56-45(51(63)60-25-13-12-24-55-60)28-39-17-14-18-40(27-39)41-20-21-46-43(29-41)44(30-52(7,8)33-65-34-61)49(57(46)9)42-19-15-23-54-47(42)37(5)64-10/h14-15,17-21,23,27,29,34-35,37,45,48,55H,4,6,12-13,22,24-26,28,30-33H2,1-3,5,7-10H3,(H,56,62). The van der Waals surface area contributed by atoms with Crippen molar-refractivity contribution in [1.82, 2.24) is 35.1 Å². The summed E-state index contributed by atoms with van der Waals surface area (Å²) >= 11 is 0. The summed E-state index contributed by atoms with van der Waals surface area (Å²) in [5, 5.41) is 6.04. The molecule has 12 nitrogen and oxygen atoms in total. The van der Waals surface area contributed by atoms with Crippen LogP contribution in [0.4, 0.5) is 0 Å². The normalized spacial score (nSPS) is 17.4. The van der Waals surface area contributed by atoms with Crippen LogP contribution in [0.2, 0.25) is 0 Å². The summed E-state index contributed by atoms with van der Waals surface area (Å²) in [5.74, 6) is 5.69. The highest BCUT2D eigenvalue weighted by Crippen LogP contribution is 2.49. The topological polar surface area (TPSA) is 121 Å². The highest BCUT2D eigenvalue weighted by atomic mass is 16.5. The molecule has 2 amide bonds. The Labute approximate surface area is 385 Å². The summed E-state index contributed by atoms with van der Waals surface area (Å²) in [6, 6.07) is 17.6. The number of hydrogen-bond donors (Lipinski definition) is 2. The first-order valence-electron chi connectivity index (χ1n) is 23.0. The zero-order valence-electron chi connectivity index (χ0n) is 39.6. The number of benzene rings is 2. The monoisotopic (exact) mass is 882 g/mol. The maximum Gasteiger partial charge on any atom is 0.293 e. The fraction of sp³-hybridized carbons (Fsp3) is 0.472. The number of carbonyl (C=O) groups is 3. The van der Waals surface area contributed by atoms with Gasteiger partial charge in [0.1, 0.15) is 12.1 Å². The number of methoxy groups -OCH3 is 1. The van der Waals surface area contributed by atoms with Gasteiger partial charge in [0, 0.05) is 92.5 Å². The molecule has 3 aliphatic heterocycles. The lowest BCUT2D eigenvalue weighted by atomic mass is 9.76. The SMILES string of the molecule is C=C(C#CC)N1CC2(CCN(C(C(=O)NC(Cc3cccc(-c4ccc5c(c4)c(CC(C)(C)COC=O)c(-c4cccnc4C(C)OC)n5C)c3)C(=O)N3CCCCN3)C(C)C)C2=C)C1. The summed E-state index contributed by atoms with van der Waals surface area (Å²) in [5.41, 5.74) is 12.6. The lowest BCUT2D eigenvalue weighted by molar-refractivity contribution is -0.141. The number of rotatable bonds is 17. The van der Waals surface area contributed by atoms with Gasteiger partial charge in [-0.15, -0.1) is 0 Å². The second-order valence-corrected chi connectivity index (χ2v) is 19.3. The Bertz CT molecular complexity index is 2500. The summed E-state index contributed by atoms with van der Waals surface area (Å²) in [4.78, 5) is 49.5. The predicted molar refractivity (Wildman–Crippen MR) is 257 cm³/mol. The minimum atomic E-state index is -0.797. The van der Waals surface area contributed by atoms with E-state index < -0.39 is 12.1 Å². The third kappa shape index (κ3) is 9.73. The number of ether oxygens (including phenoxy) is 2. The third-order valence-corrected chi connectivity index (χ3v) is 13.7. The number of likely N-dealkylation sites (tertiary alicyclic amines) is 2. The molecule has 7 rings (SSSR count). The Balaban J connectivity index is 1.20. The predicted octanol–water partition coefficient (Wildman–Crippen LogP) is 7.59. The Morgan fingerprint density at radius 1 is 1.06 bits per heavy atom. The summed E-state index contributed by atoms with van der Waals surface area (Å²) in [7, 11) is 3.77. The number of hydrazine groups is 1. The van der Waals surface area contributed by atoms with Gasteiger partial charge in [-0.2, -0.15) is 0 Å². The van der Waals surface area contributed by atoms with Crippen LogP contribution in [-0.2, 0) is 43.7 Å². The first kappa shape index (κ1) is 47.1. The molecule has 4 aromatic rings. The fourth-order valence-electron chi connectivity index (χ4n) is 10.2. The van der Waals surface area contributed by atoms with Crippen molar-refractivity contribution in [2.45, 2.75) is 91.8 Å². The molecule has 65 heavy (non-hydrogen) atoms. The van der Waals surface area contributed by atoms with Crippen molar-refractivity contribution in [2.75, 3.05) is 46.4 Å². The van der Waals surface area contributed by atoms with Crippen molar-refractivity contribution in [3.63, 3.8) is 0 Å². The zero-order chi connectivity index (χ0) is 46.6. The van der Waals surface area contributed by atoms with E-state index in [0.29, 0.717) is 32.4 Å². The van der Waals surface area contributed by atoms with Gasteiger partial charge in [-0.3, -0.25) is 24.4 Å². The molecule has 3 aliphatic rings. The fourth-order valence-corrected chi connectivity index (χ4v) is 10.2. The van der Waals surface area contributed by atoms with E-state index in [1.165, 1.54) is 0 Å². The molecule has 0 bridgehead atoms. The van der Waals surface area contributed by atoms with E-state index >= 15 is 0 Å². The second-order valence-electron chi connectivity index (χ2n) is 19.3. The Morgan fingerprint density at radius 3 is 2.52 bits per heavy atom. The number of aryl methyl sites for hydroxylation is 1. The van der Waals surface area contributed by atoms with Crippen LogP contribution in [0.5, 0.6) is 0 Å². The molecule has 12 heteroatoms. The summed E-state index contributed by atoms with van der Waals surface area (Å²) in [6.07, 6.45) is 5.30. The molecule has 3 saturated heterocycles. The number of hydrogen-bond acceptors (Lipinski definition) is 9. The first-order chi connectivity index (χ1) is 31.1. The van der Waals surface area contributed by atoms with Crippen LogP contribution in [0.1, 0.15) is 83.7 Å². The second kappa shape index (κ2) is 19.7. The van der Waals surface area contributed by atoms with Crippen LogP contribution in [0.25, 0.3) is 33.3 Å². The number of nitrogens with zero attached hydrogens (tertiary/aromatic N) is 5. The molecule has 3 fully saturated rings. The van der Waals surface area contributed by atoms with E-state index in [2.05, 4.69) is 121 Å². The van der Waals surface area contributed by atoms with Crippen molar-refractivity contribution in [3.05, 3.63) is 102 Å². The third-order valence-electron chi connectivity index (χ3n) is 13.7. The van der Waals surface area contributed by atoms with Crippen molar-refractivity contribution in [3.8, 4) is 34.2 Å². The van der Waals surface area contributed by atoms with Crippen LogP contribution >= 0.6 is 0 Å². The number of aromatic nitrogens is 2. The average Bonchev–Trinajstić information content (AvgIpc) is 3.76. The van der Waals surface area contributed by atoms with E-state index in [4.69, 9.17) is 14.5 Å². The maximum absolute atomic E-state index is 14.6. The van der Waals surface area contributed by atoms with Gasteiger partial charge in [0.15, 0.2) is 0 Å². The number of nitrogens with one attached hydrogen (secondary N) is 2. The average molecular weight is 882 g/mol. The Morgan fingerprint density at radius 2 is 1.83 bits per heavy atom. The van der Waals surface area contributed by atoms with Crippen molar-refractivity contribution >= 4 is 29.2 Å². The lowest BCUT2D eigenvalue weighted by Gasteiger charge is -2.50. The zero-order valence-corrected chi connectivity index (χ0v) is 39.6. The van der Waals surface area contributed by atoms with Gasteiger partial charge >= 0.3 is 0 Å². The van der Waals surface area contributed by atoms with Crippen LogP contribution in [-0.4, -0.2) is 101 Å². The molecule has 2 aromatic carbocycles. The van der Waals surface area contributed by atoms with Gasteiger partial charge in [-0.25, -0.2) is 5.43 Å². The van der Waals surface area contributed by atoms with Gasteiger partial charge in [0.25, 0.3) is 12.4 Å². The van der Waals surface area contributed by atoms with Gasteiger partial charge in [-0.1, -0.05) is 83.0 Å². The number of allylic oxidation sites excluding steroid dienone is 1. The van der Waals surface area contributed by atoms with E-state index in [1.807, 2.05) is 32.0 Å². The van der Waals surface area contributed by atoms with Crippen molar-refractivity contribution in [1.29, 1.82) is 0 Å². The molecule has 3 atom stereocenters. The molecule has 0 radical (unpaired) electrons. The van der Waals surface area contributed by atoms with Gasteiger partial charge in [0.05, 0.1) is 29.8 Å². The van der Waals surface area contributed by atoms with Gasteiger partial charge in [-0.05, 0) is 92.0 Å². The minimum Gasteiger partial charge on any atom is -0.467 e. The minimum absolute atomic E-state index is 0.0271. The number of fused-ring (bicyclic) bond motifs is 1.